The number of carbonyl (C=O) groups is 3. The minimum Gasteiger partial charge on any atom is -0.465 e. The maximum Gasteiger partial charge on any atom is 0.408 e. The van der Waals surface area contributed by atoms with E-state index in [9.17, 15) is 29.7 Å². The van der Waals surface area contributed by atoms with E-state index >= 15 is 4.39 Å². The molecule has 0 spiro atoms. The van der Waals surface area contributed by atoms with Crippen molar-refractivity contribution in [1.82, 2.24) is 4.90 Å². The number of alkyl halides is 1. The van der Waals surface area contributed by atoms with E-state index in [1.54, 1.807) is 26.8 Å². The second-order valence-electron chi connectivity index (χ2n) is 14.2. The molecule has 3 saturated carbocycles. The van der Waals surface area contributed by atoms with Crippen LogP contribution in [0, 0.1) is 34.0 Å². The smallest absolute Gasteiger partial charge is 0.408 e. The lowest BCUT2D eigenvalue weighted by atomic mass is 9.44. The predicted molar refractivity (Wildman–Crippen MR) is 141 cm³/mol. The molecule has 7 nitrogen and oxygen atoms in total. The zero-order chi connectivity index (χ0) is 28.9. The van der Waals surface area contributed by atoms with Gasteiger partial charge in [0.1, 0.15) is 12.1 Å². The molecule has 0 saturated heterocycles. The Bertz CT molecular complexity index is 1120. The van der Waals surface area contributed by atoms with Crippen molar-refractivity contribution < 1.29 is 34.1 Å². The molecule has 4 aliphatic rings. The third-order valence-corrected chi connectivity index (χ3v) is 11.7. The first-order valence-corrected chi connectivity index (χ1v) is 13.8. The molecule has 8 heteroatoms. The van der Waals surface area contributed by atoms with Crippen LogP contribution in [0.5, 0.6) is 0 Å². The Morgan fingerprint density at radius 1 is 1.16 bits per heavy atom. The van der Waals surface area contributed by atoms with Crippen molar-refractivity contribution in [1.29, 1.82) is 0 Å². The molecule has 0 aromatic rings. The van der Waals surface area contributed by atoms with Crippen LogP contribution in [0.15, 0.2) is 23.8 Å². The van der Waals surface area contributed by atoms with E-state index in [2.05, 4.69) is 0 Å². The predicted octanol–water partition coefficient (Wildman–Crippen LogP) is 4.71. The van der Waals surface area contributed by atoms with Crippen LogP contribution >= 0.6 is 0 Å². The average molecular weight is 534 g/mol. The van der Waals surface area contributed by atoms with E-state index in [1.807, 2.05) is 34.6 Å². The number of Topliss-reactive ketones (excluding diaryl/α,β-unsaturated/α-hetero) is 1. The lowest BCUT2D eigenvalue weighted by molar-refractivity contribution is -0.215. The highest BCUT2D eigenvalue weighted by Gasteiger charge is 2.78. The number of ketones is 2. The summed E-state index contributed by atoms with van der Waals surface area (Å²) in [5.74, 6) is -2.43. The second-order valence-corrected chi connectivity index (χ2v) is 14.2. The molecule has 0 unspecified atom stereocenters. The number of hydrogen-bond acceptors (Lipinski definition) is 5. The molecular formula is C30H44FNO6. The molecule has 212 valence electrons. The van der Waals surface area contributed by atoms with Crippen molar-refractivity contribution in [3.8, 4) is 0 Å². The molecule has 0 bridgehead atoms. The quantitative estimate of drug-likeness (QED) is 0.482. The van der Waals surface area contributed by atoms with Crippen LogP contribution < -0.4 is 0 Å². The van der Waals surface area contributed by atoms with Gasteiger partial charge in [-0.1, -0.05) is 46.3 Å². The summed E-state index contributed by atoms with van der Waals surface area (Å²) in [6.07, 6.45) is 2.74. The number of allylic oxidation sites excluding steroid dienone is 4. The van der Waals surface area contributed by atoms with Gasteiger partial charge >= 0.3 is 6.09 Å². The van der Waals surface area contributed by atoms with Gasteiger partial charge in [0, 0.05) is 22.3 Å². The van der Waals surface area contributed by atoms with Gasteiger partial charge in [-0.15, -0.1) is 0 Å². The number of carbonyl (C=O) groups excluding carboxylic acids is 2. The van der Waals surface area contributed by atoms with Crippen LogP contribution in [0.2, 0.25) is 0 Å². The summed E-state index contributed by atoms with van der Waals surface area (Å²) in [5, 5.41) is 32.8. The summed E-state index contributed by atoms with van der Waals surface area (Å²) in [7, 11) is 0. The van der Waals surface area contributed by atoms with Gasteiger partial charge in [0.15, 0.2) is 17.2 Å². The van der Waals surface area contributed by atoms with Crippen molar-refractivity contribution in [3.05, 3.63) is 23.8 Å². The zero-order valence-electron chi connectivity index (χ0n) is 24.0. The third-order valence-electron chi connectivity index (χ3n) is 11.7. The number of nitrogens with zero attached hydrogens (tertiary/aromatic N) is 1. The fourth-order valence-electron chi connectivity index (χ4n) is 9.03. The lowest BCUT2D eigenvalue weighted by Gasteiger charge is -2.65. The van der Waals surface area contributed by atoms with E-state index in [-0.39, 0.29) is 12.2 Å². The van der Waals surface area contributed by atoms with Crippen LogP contribution in [-0.4, -0.2) is 67.3 Å². The number of halogens is 1. The first-order chi connectivity index (χ1) is 17.3. The number of amides is 1. The Kier molecular flexibility index (Phi) is 6.45. The molecule has 3 N–H and O–H groups in total. The normalized spacial score (nSPS) is 42.6. The molecule has 0 aromatic carbocycles. The highest BCUT2D eigenvalue weighted by Crippen LogP contribution is 2.72. The van der Waals surface area contributed by atoms with Crippen LogP contribution in [0.25, 0.3) is 0 Å². The Balaban J connectivity index is 1.96. The summed E-state index contributed by atoms with van der Waals surface area (Å²) in [5.41, 5.74) is -7.06. The molecule has 3 fully saturated rings. The number of fused-ring (bicyclic) bond motifs is 5. The van der Waals surface area contributed by atoms with E-state index in [4.69, 9.17) is 0 Å². The lowest BCUT2D eigenvalue weighted by Crippen LogP contribution is -2.77. The van der Waals surface area contributed by atoms with Crippen LogP contribution in [0.4, 0.5) is 9.18 Å². The molecule has 8 atom stereocenters. The maximum atomic E-state index is 17.6. The number of hydrogen-bond donors (Lipinski definition) is 3. The summed E-state index contributed by atoms with van der Waals surface area (Å²) < 4.78 is 17.6. The van der Waals surface area contributed by atoms with Crippen LogP contribution in [-0.2, 0) is 9.59 Å². The Labute approximate surface area is 225 Å². The highest BCUT2D eigenvalue weighted by atomic mass is 19.1. The monoisotopic (exact) mass is 533 g/mol. The summed E-state index contributed by atoms with van der Waals surface area (Å²) >= 11 is 0. The molecule has 1 amide bonds. The van der Waals surface area contributed by atoms with Gasteiger partial charge in [0.05, 0.1) is 6.10 Å². The summed E-state index contributed by atoms with van der Waals surface area (Å²) in [4.78, 5) is 40.5. The van der Waals surface area contributed by atoms with E-state index in [0.717, 1.165) is 0 Å². The third kappa shape index (κ3) is 3.22. The highest BCUT2D eigenvalue weighted by molar-refractivity contribution is 6.01. The summed E-state index contributed by atoms with van der Waals surface area (Å²) in [6.45, 7) is 13.8. The van der Waals surface area contributed by atoms with Gasteiger partial charge < -0.3 is 15.3 Å². The maximum absolute atomic E-state index is 17.6. The van der Waals surface area contributed by atoms with Crippen LogP contribution in [0.3, 0.4) is 0 Å². The molecular weight excluding hydrogens is 489 g/mol. The van der Waals surface area contributed by atoms with Crippen molar-refractivity contribution in [2.75, 3.05) is 6.61 Å². The molecule has 4 aliphatic carbocycles. The van der Waals surface area contributed by atoms with Crippen LogP contribution in [0.1, 0.15) is 81.1 Å². The van der Waals surface area contributed by atoms with E-state index in [0.29, 0.717) is 24.8 Å². The van der Waals surface area contributed by atoms with Crippen molar-refractivity contribution in [2.45, 2.75) is 104 Å². The van der Waals surface area contributed by atoms with Crippen molar-refractivity contribution >= 4 is 17.7 Å². The number of aliphatic hydroxyl groups is 2. The minimum absolute atomic E-state index is 0.143. The number of aliphatic hydroxyl groups excluding tert-OH is 2. The Hall–Kier alpha value is -2.06. The van der Waals surface area contributed by atoms with Crippen molar-refractivity contribution in [3.63, 3.8) is 0 Å². The molecule has 38 heavy (non-hydrogen) atoms. The second kappa shape index (κ2) is 8.47. The summed E-state index contributed by atoms with van der Waals surface area (Å²) in [6, 6.07) is 0. The average Bonchev–Trinajstić information content (AvgIpc) is 3.01. The number of carboxylic acid groups (broad SMARTS) is 1. The van der Waals surface area contributed by atoms with E-state index < -0.39 is 75.3 Å². The Morgan fingerprint density at radius 3 is 2.29 bits per heavy atom. The minimum atomic E-state index is -2.09. The zero-order valence-corrected chi connectivity index (χ0v) is 24.0. The molecule has 4 rings (SSSR count). The van der Waals surface area contributed by atoms with Crippen molar-refractivity contribution in [2.24, 2.45) is 34.0 Å². The number of rotatable bonds is 4. The van der Waals surface area contributed by atoms with Gasteiger partial charge in [-0.25, -0.2) is 9.18 Å². The van der Waals surface area contributed by atoms with Gasteiger partial charge in [0.25, 0.3) is 0 Å². The standard InChI is InChI=1S/C30H44FNO6/c1-17-13-21-20-10-9-18-14-19(34)11-12-27(18,7)29(20,31)22(35)15-28(21,8)30(17,23(36)16-33)32(24(37)38)26(5,6)25(2,3)4/h11-12,14,17,20-22,33,35H,9-10,13,15-16H2,1-8H3,(H,37,38)/t17-,20-,21-,22-,27-,28-,29-,30-/m0/s1. The molecule has 0 heterocycles. The topological polar surface area (TPSA) is 115 Å². The van der Waals surface area contributed by atoms with Gasteiger partial charge in [-0.2, -0.15) is 0 Å². The fourth-order valence-corrected chi connectivity index (χ4v) is 9.03. The molecule has 0 aromatic heterocycles. The van der Waals surface area contributed by atoms with Gasteiger partial charge in [-0.05, 0) is 75.9 Å². The first-order valence-electron chi connectivity index (χ1n) is 13.8. The van der Waals surface area contributed by atoms with E-state index in [1.165, 1.54) is 17.1 Å². The van der Waals surface area contributed by atoms with Gasteiger partial charge in [0.2, 0.25) is 0 Å². The SMILES string of the molecule is C[C@H]1C[C@H]2[C@@H]3CCC4=CC(=O)C=C[C@]4(C)[C@@]3(F)[C@@H](O)C[C@]2(C)[C@]1(C(=O)CO)N(C(=O)O)C(C)(C)C(C)(C)C. The molecule has 0 radical (unpaired) electrons. The van der Waals surface area contributed by atoms with Gasteiger partial charge in [-0.3, -0.25) is 14.5 Å². The fraction of sp³-hybridized carbons (Fsp3) is 0.767. The largest absolute Gasteiger partial charge is 0.465 e. The Morgan fingerprint density at radius 2 is 1.76 bits per heavy atom. The molecule has 0 aliphatic heterocycles. The first kappa shape index (κ1) is 28.9.